The summed E-state index contributed by atoms with van der Waals surface area (Å²) < 4.78 is 27.2. The van der Waals surface area contributed by atoms with E-state index in [0.29, 0.717) is 12.1 Å². The number of rotatable bonds is 5. The van der Waals surface area contributed by atoms with Crippen LogP contribution in [0, 0.1) is 17.8 Å². The second-order valence-corrected chi connectivity index (χ2v) is 7.51. The second-order valence-electron chi connectivity index (χ2n) is 5.61. The molecule has 0 aliphatic heterocycles. The molecule has 2 rings (SSSR count). The average molecular weight is 307 g/mol. The van der Waals surface area contributed by atoms with Gasteiger partial charge in [-0.3, -0.25) is 4.98 Å². The Kier molecular flexibility index (Phi) is 4.99. The molecule has 0 radical (unpaired) electrons. The Bertz CT molecular complexity index is 655. The van der Waals surface area contributed by atoms with Gasteiger partial charge < -0.3 is 5.73 Å². The number of hydrogen-bond donors (Lipinski definition) is 1. The fraction of sp³-hybridized carbons (Fsp3) is 0.533. The molecule has 1 aliphatic rings. The standard InChI is InChI=1S/C15H21N3O2S/c1-12(2)11-18(14-5-6-14)21(19,20)15-8-13(4-3-7-16)9-17-10-15/h8-10,12,14H,5-7,11,16H2,1-2H3. The van der Waals surface area contributed by atoms with Crippen LogP contribution >= 0.6 is 0 Å². The Morgan fingerprint density at radius 2 is 2.14 bits per heavy atom. The van der Waals surface area contributed by atoms with Gasteiger partial charge in [-0.2, -0.15) is 4.31 Å². The number of hydrogen-bond acceptors (Lipinski definition) is 4. The van der Waals surface area contributed by atoms with Crippen molar-refractivity contribution in [3.8, 4) is 11.8 Å². The van der Waals surface area contributed by atoms with Crippen molar-refractivity contribution >= 4 is 10.0 Å². The first-order chi connectivity index (χ1) is 9.95. The summed E-state index contributed by atoms with van der Waals surface area (Å²) in [7, 11) is -3.51. The molecule has 0 aromatic carbocycles. The SMILES string of the molecule is CC(C)CN(C1CC1)S(=O)(=O)c1cncc(C#CCN)c1. The summed E-state index contributed by atoms with van der Waals surface area (Å²) >= 11 is 0. The van der Waals surface area contributed by atoms with Gasteiger partial charge in [0, 0.05) is 30.5 Å². The van der Waals surface area contributed by atoms with Gasteiger partial charge in [-0.05, 0) is 24.8 Å². The van der Waals surface area contributed by atoms with Crippen molar-refractivity contribution in [3.05, 3.63) is 24.0 Å². The number of nitrogens with zero attached hydrogens (tertiary/aromatic N) is 2. The zero-order valence-corrected chi connectivity index (χ0v) is 13.2. The maximum absolute atomic E-state index is 12.8. The molecular weight excluding hydrogens is 286 g/mol. The predicted molar refractivity (Wildman–Crippen MR) is 81.9 cm³/mol. The molecule has 6 heteroatoms. The molecule has 0 amide bonds. The highest BCUT2D eigenvalue weighted by Gasteiger charge is 2.38. The Hall–Kier alpha value is -1.42. The van der Waals surface area contributed by atoms with E-state index in [9.17, 15) is 8.42 Å². The lowest BCUT2D eigenvalue weighted by Crippen LogP contribution is -2.36. The monoisotopic (exact) mass is 307 g/mol. The summed E-state index contributed by atoms with van der Waals surface area (Å²) in [6.07, 6.45) is 4.81. The lowest BCUT2D eigenvalue weighted by atomic mass is 10.2. The van der Waals surface area contributed by atoms with Crippen molar-refractivity contribution < 1.29 is 8.42 Å². The van der Waals surface area contributed by atoms with Crippen molar-refractivity contribution in [2.75, 3.05) is 13.1 Å². The first kappa shape index (κ1) is 16.0. The van der Waals surface area contributed by atoms with Crippen molar-refractivity contribution in [1.82, 2.24) is 9.29 Å². The summed E-state index contributed by atoms with van der Waals surface area (Å²) in [6.45, 7) is 4.81. The summed E-state index contributed by atoms with van der Waals surface area (Å²) in [5, 5.41) is 0. The van der Waals surface area contributed by atoms with Gasteiger partial charge in [0.15, 0.2) is 0 Å². The minimum atomic E-state index is -3.51. The zero-order valence-electron chi connectivity index (χ0n) is 12.4. The third kappa shape index (κ3) is 4.03. The van der Waals surface area contributed by atoms with Crippen LogP contribution in [0.1, 0.15) is 32.3 Å². The van der Waals surface area contributed by atoms with E-state index >= 15 is 0 Å². The molecule has 1 aliphatic carbocycles. The van der Waals surface area contributed by atoms with Gasteiger partial charge >= 0.3 is 0 Å². The Labute approximate surface area is 126 Å². The van der Waals surface area contributed by atoms with E-state index in [2.05, 4.69) is 16.8 Å². The molecule has 0 spiro atoms. The third-order valence-electron chi connectivity index (χ3n) is 3.15. The van der Waals surface area contributed by atoms with E-state index < -0.39 is 10.0 Å². The maximum atomic E-state index is 12.8. The number of pyridine rings is 1. The van der Waals surface area contributed by atoms with E-state index in [4.69, 9.17) is 5.73 Å². The topological polar surface area (TPSA) is 76.3 Å². The van der Waals surface area contributed by atoms with Crippen molar-refractivity contribution in [2.24, 2.45) is 11.7 Å². The number of nitrogens with two attached hydrogens (primary N) is 1. The lowest BCUT2D eigenvalue weighted by molar-refractivity contribution is 0.360. The largest absolute Gasteiger partial charge is 0.320 e. The van der Waals surface area contributed by atoms with Crippen LogP contribution in [-0.4, -0.2) is 36.8 Å². The highest BCUT2D eigenvalue weighted by molar-refractivity contribution is 7.89. The number of aromatic nitrogens is 1. The molecule has 21 heavy (non-hydrogen) atoms. The van der Waals surface area contributed by atoms with Gasteiger partial charge in [0.1, 0.15) is 4.90 Å². The highest BCUT2D eigenvalue weighted by atomic mass is 32.2. The van der Waals surface area contributed by atoms with Crippen LogP contribution in [0.4, 0.5) is 0 Å². The van der Waals surface area contributed by atoms with Gasteiger partial charge in [-0.1, -0.05) is 25.7 Å². The molecule has 114 valence electrons. The first-order valence-electron chi connectivity index (χ1n) is 7.11. The third-order valence-corrected chi connectivity index (χ3v) is 5.04. The average Bonchev–Trinajstić information content (AvgIpc) is 3.27. The van der Waals surface area contributed by atoms with E-state index in [1.165, 1.54) is 6.20 Å². The summed E-state index contributed by atoms with van der Waals surface area (Å²) in [5.41, 5.74) is 5.90. The first-order valence-corrected chi connectivity index (χ1v) is 8.55. The van der Waals surface area contributed by atoms with Gasteiger partial charge in [-0.25, -0.2) is 8.42 Å². The van der Waals surface area contributed by atoms with Crippen molar-refractivity contribution in [2.45, 2.75) is 37.6 Å². The predicted octanol–water partition coefficient (Wildman–Crippen LogP) is 1.20. The summed E-state index contributed by atoms with van der Waals surface area (Å²) in [4.78, 5) is 4.20. The van der Waals surface area contributed by atoms with E-state index in [0.717, 1.165) is 12.8 Å². The van der Waals surface area contributed by atoms with Gasteiger partial charge in [-0.15, -0.1) is 0 Å². The Morgan fingerprint density at radius 3 is 2.71 bits per heavy atom. The van der Waals surface area contributed by atoms with Crippen LogP contribution in [0.15, 0.2) is 23.4 Å². The van der Waals surface area contributed by atoms with Gasteiger partial charge in [0.25, 0.3) is 0 Å². The lowest BCUT2D eigenvalue weighted by Gasteiger charge is -2.23. The van der Waals surface area contributed by atoms with Crippen LogP contribution in [0.2, 0.25) is 0 Å². The van der Waals surface area contributed by atoms with E-state index in [1.807, 2.05) is 13.8 Å². The van der Waals surface area contributed by atoms with E-state index in [1.54, 1.807) is 16.6 Å². The maximum Gasteiger partial charge on any atom is 0.244 e. The van der Waals surface area contributed by atoms with Gasteiger partial charge in [0.05, 0.1) is 6.54 Å². The smallest absolute Gasteiger partial charge is 0.244 e. The Morgan fingerprint density at radius 1 is 1.43 bits per heavy atom. The fourth-order valence-corrected chi connectivity index (χ4v) is 3.92. The molecule has 1 aromatic heterocycles. The van der Waals surface area contributed by atoms with Gasteiger partial charge in [0.2, 0.25) is 10.0 Å². The minimum absolute atomic E-state index is 0.135. The molecule has 0 saturated heterocycles. The molecule has 1 heterocycles. The van der Waals surface area contributed by atoms with Crippen LogP contribution in [0.3, 0.4) is 0 Å². The van der Waals surface area contributed by atoms with Crippen LogP contribution < -0.4 is 5.73 Å². The quantitative estimate of drug-likeness (QED) is 0.829. The highest BCUT2D eigenvalue weighted by Crippen LogP contribution is 2.32. The minimum Gasteiger partial charge on any atom is -0.320 e. The molecule has 5 nitrogen and oxygen atoms in total. The molecular formula is C15H21N3O2S. The molecule has 0 atom stereocenters. The fourth-order valence-electron chi connectivity index (χ4n) is 2.08. The zero-order chi connectivity index (χ0) is 15.5. The van der Waals surface area contributed by atoms with Crippen molar-refractivity contribution in [3.63, 3.8) is 0 Å². The second kappa shape index (κ2) is 6.56. The van der Waals surface area contributed by atoms with Crippen molar-refractivity contribution in [1.29, 1.82) is 0 Å². The normalized spacial score (nSPS) is 15.1. The molecule has 1 fully saturated rings. The summed E-state index contributed by atoms with van der Waals surface area (Å²) in [6, 6.07) is 1.71. The number of sulfonamides is 1. The molecule has 0 unspecified atom stereocenters. The van der Waals surface area contributed by atoms with Crippen LogP contribution in [-0.2, 0) is 10.0 Å². The Balaban J connectivity index is 2.33. The van der Waals surface area contributed by atoms with Crippen LogP contribution in [0.25, 0.3) is 0 Å². The van der Waals surface area contributed by atoms with E-state index in [-0.39, 0.29) is 23.4 Å². The van der Waals surface area contributed by atoms with Crippen LogP contribution in [0.5, 0.6) is 0 Å². The molecule has 1 saturated carbocycles. The molecule has 1 aromatic rings. The molecule has 2 N–H and O–H groups in total. The summed E-state index contributed by atoms with van der Waals surface area (Å²) in [5.74, 6) is 5.82. The molecule has 0 bridgehead atoms.